The molecule has 166 valence electrons. The van der Waals surface area contributed by atoms with Crippen molar-refractivity contribution in [1.82, 2.24) is 14.8 Å². The van der Waals surface area contributed by atoms with Crippen LogP contribution >= 0.6 is 11.3 Å². The highest BCUT2D eigenvalue weighted by Gasteiger charge is 2.29. The Labute approximate surface area is 189 Å². The number of benzene rings is 1. The van der Waals surface area contributed by atoms with E-state index in [0.717, 1.165) is 49.6 Å². The minimum absolute atomic E-state index is 0.0877. The van der Waals surface area contributed by atoms with Gasteiger partial charge in [-0.15, -0.1) is 11.3 Å². The number of anilines is 1. The number of hydrogen-bond acceptors (Lipinski definition) is 5. The van der Waals surface area contributed by atoms with Gasteiger partial charge < -0.3 is 5.32 Å². The van der Waals surface area contributed by atoms with Crippen molar-refractivity contribution in [1.29, 1.82) is 0 Å². The number of amides is 1. The summed E-state index contributed by atoms with van der Waals surface area (Å²) in [5, 5.41) is 4.42. The highest BCUT2D eigenvalue weighted by atomic mass is 32.1. The number of piperidine rings is 1. The fraction of sp³-hybridized carbons (Fsp3) is 0.600. The lowest BCUT2D eigenvalue weighted by Gasteiger charge is -2.36. The summed E-state index contributed by atoms with van der Waals surface area (Å²) in [5.41, 5.74) is 3.40. The van der Waals surface area contributed by atoms with Gasteiger partial charge in [0.2, 0.25) is 5.91 Å². The van der Waals surface area contributed by atoms with Crippen molar-refractivity contribution in [3.8, 4) is 0 Å². The summed E-state index contributed by atoms with van der Waals surface area (Å²) in [6.45, 7) is 6.87. The molecule has 3 aliphatic rings. The Morgan fingerprint density at radius 1 is 1.10 bits per heavy atom. The quantitative estimate of drug-likeness (QED) is 0.759. The third-order valence-electron chi connectivity index (χ3n) is 7.37. The number of carbonyl (C=O) groups excluding carboxylic acids is 1. The van der Waals surface area contributed by atoms with E-state index in [2.05, 4.69) is 15.1 Å². The van der Waals surface area contributed by atoms with E-state index in [1.165, 1.54) is 54.4 Å². The van der Waals surface area contributed by atoms with Crippen molar-refractivity contribution in [2.24, 2.45) is 0 Å². The molecular weight excluding hydrogens is 404 g/mol. The molecule has 0 spiro atoms. The van der Waals surface area contributed by atoms with Crippen LogP contribution in [-0.2, 0) is 17.6 Å². The topological polar surface area (TPSA) is 48.5 Å². The van der Waals surface area contributed by atoms with E-state index in [-0.39, 0.29) is 5.91 Å². The molecule has 5 rings (SSSR count). The van der Waals surface area contributed by atoms with E-state index >= 15 is 0 Å². The Bertz CT molecular complexity index is 888. The summed E-state index contributed by atoms with van der Waals surface area (Å²) in [6.07, 6.45) is 8.73. The normalized spacial score (nSPS) is 21.3. The summed E-state index contributed by atoms with van der Waals surface area (Å²) < 4.78 is 0. The van der Waals surface area contributed by atoms with Crippen molar-refractivity contribution >= 4 is 22.9 Å². The summed E-state index contributed by atoms with van der Waals surface area (Å²) in [6, 6.07) is 8.81. The number of aryl methyl sites for hydroxylation is 1. The minimum Gasteiger partial charge on any atom is -0.325 e. The molecular formula is C25H34N4OS. The molecule has 0 radical (unpaired) electrons. The van der Waals surface area contributed by atoms with Gasteiger partial charge in [0, 0.05) is 42.0 Å². The second-order valence-electron chi connectivity index (χ2n) is 9.46. The zero-order valence-corrected chi connectivity index (χ0v) is 19.4. The number of likely N-dealkylation sites (tertiary alicyclic amines) is 1. The lowest BCUT2D eigenvalue weighted by Crippen LogP contribution is -2.41. The molecule has 1 N–H and O–H groups in total. The van der Waals surface area contributed by atoms with Crippen molar-refractivity contribution in [3.05, 3.63) is 45.4 Å². The number of nitrogens with one attached hydrogen (secondary N) is 1. The van der Waals surface area contributed by atoms with Crippen molar-refractivity contribution in [2.45, 2.75) is 63.8 Å². The minimum atomic E-state index is 0.0877. The van der Waals surface area contributed by atoms with Gasteiger partial charge in [0.15, 0.2) is 0 Å². The van der Waals surface area contributed by atoms with E-state index < -0.39 is 0 Å². The second kappa shape index (κ2) is 9.39. The van der Waals surface area contributed by atoms with Crippen LogP contribution in [0.5, 0.6) is 0 Å². The van der Waals surface area contributed by atoms with Gasteiger partial charge in [0.25, 0.3) is 0 Å². The van der Waals surface area contributed by atoms with Gasteiger partial charge >= 0.3 is 0 Å². The van der Waals surface area contributed by atoms with Crippen LogP contribution < -0.4 is 5.32 Å². The van der Waals surface area contributed by atoms with Gasteiger partial charge in [0.1, 0.15) is 0 Å². The maximum atomic E-state index is 12.5. The lowest BCUT2D eigenvalue weighted by molar-refractivity contribution is -0.117. The van der Waals surface area contributed by atoms with Gasteiger partial charge in [-0.3, -0.25) is 14.6 Å². The Morgan fingerprint density at radius 3 is 2.61 bits per heavy atom. The maximum Gasteiger partial charge on any atom is 0.238 e. The van der Waals surface area contributed by atoms with Crippen LogP contribution in [0.2, 0.25) is 0 Å². The van der Waals surface area contributed by atoms with E-state index in [1.54, 1.807) is 0 Å². The van der Waals surface area contributed by atoms with Crippen LogP contribution in [0, 0.1) is 6.92 Å². The predicted octanol–water partition coefficient (Wildman–Crippen LogP) is 4.22. The number of fused-ring (bicyclic) bond motifs is 1. The number of thiazole rings is 1. The van der Waals surface area contributed by atoms with Crippen LogP contribution in [0.15, 0.2) is 24.3 Å². The number of para-hydroxylation sites is 1. The molecule has 2 aromatic rings. The first-order chi connectivity index (χ1) is 15.2. The molecule has 2 aliphatic heterocycles. The molecule has 0 bridgehead atoms. The van der Waals surface area contributed by atoms with E-state index in [0.29, 0.717) is 12.5 Å². The van der Waals surface area contributed by atoms with Crippen LogP contribution in [0.25, 0.3) is 0 Å². The highest BCUT2D eigenvalue weighted by Crippen LogP contribution is 2.35. The molecule has 1 amide bonds. The average Bonchev–Trinajstić information content (AvgIpc) is 3.04. The summed E-state index contributed by atoms with van der Waals surface area (Å²) >= 11 is 1.98. The largest absolute Gasteiger partial charge is 0.325 e. The molecule has 1 aromatic carbocycles. The summed E-state index contributed by atoms with van der Waals surface area (Å²) in [7, 11) is 0. The van der Waals surface area contributed by atoms with Crippen LogP contribution in [0.4, 0.5) is 5.69 Å². The number of aromatic nitrogens is 1. The Morgan fingerprint density at radius 2 is 1.87 bits per heavy atom. The van der Waals surface area contributed by atoms with Gasteiger partial charge in [-0.2, -0.15) is 0 Å². The molecule has 31 heavy (non-hydrogen) atoms. The van der Waals surface area contributed by atoms with Crippen LogP contribution in [0.1, 0.15) is 59.2 Å². The third-order valence-corrected chi connectivity index (χ3v) is 8.69. The fourth-order valence-electron chi connectivity index (χ4n) is 5.14. The first-order valence-electron chi connectivity index (χ1n) is 12.0. The van der Waals surface area contributed by atoms with Crippen LogP contribution in [0.3, 0.4) is 0 Å². The molecule has 1 saturated carbocycles. The molecule has 1 saturated heterocycles. The summed E-state index contributed by atoms with van der Waals surface area (Å²) in [5.74, 6) is 0.653. The zero-order valence-electron chi connectivity index (χ0n) is 18.6. The number of hydrogen-bond donors (Lipinski definition) is 1. The standard InChI is InChI=1S/C25H34N4OS/c1-18-5-2-3-8-21(18)26-24(30)17-28-13-9-19(10-14-28)25-27-22-11-15-29(20-6-4-7-20)16-12-23(22)31-25/h2-3,5,8,19-20H,4,6-7,9-17H2,1H3,(H,26,30). The fourth-order valence-corrected chi connectivity index (χ4v) is 6.41. The number of nitrogens with zero attached hydrogens (tertiary/aromatic N) is 3. The molecule has 6 heteroatoms. The van der Waals surface area contributed by atoms with E-state index in [9.17, 15) is 4.79 Å². The Balaban J connectivity index is 1.11. The highest BCUT2D eigenvalue weighted by molar-refractivity contribution is 7.11. The maximum absolute atomic E-state index is 12.5. The average molecular weight is 439 g/mol. The second-order valence-corrected chi connectivity index (χ2v) is 10.6. The number of carbonyl (C=O) groups is 1. The zero-order chi connectivity index (χ0) is 21.2. The molecule has 3 heterocycles. The summed E-state index contributed by atoms with van der Waals surface area (Å²) in [4.78, 5) is 24.1. The lowest BCUT2D eigenvalue weighted by atomic mass is 9.91. The number of rotatable bonds is 5. The monoisotopic (exact) mass is 438 g/mol. The van der Waals surface area contributed by atoms with Gasteiger partial charge in [-0.1, -0.05) is 24.6 Å². The van der Waals surface area contributed by atoms with Gasteiger partial charge in [-0.05, 0) is 63.7 Å². The first-order valence-corrected chi connectivity index (χ1v) is 12.8. The predicted molar refractivity (Wildman–Crippen MR) is 127 cm³/mol. The molecule has 5 nitrogen and oxygen atoms in total. The molecule has 0 atom stereocenters. The van der Waals surface area contributed by atoms with E-state index in [4.69, 9.17) is 4.98 Å². The van der Waals surface area contributed by atoms with Crippen molar-refractivity contribution in [2.75, 3.05) is 38.0 Å². The molecule has 0 unspecified atom stereocenters. The van der Waals surface area contributed by atoms with E-state index in [1.807, 2.05) is 42.5 Å². The first kappa shape index (κ1) is 21.1. The van der Waals surface area contributed by atoms with Crippen molar-refractivity contribution in [3.63, 3.8) is 0 Å². The Hall–Kier alpha value is -1.76. The molecule has 1 aromatic heterocycles. The third kappa shape index (κ3) is 4.86. The van der Waals surface area contributed by atoms with Gasteiger partial charge in [-0.25, -0.2) is 4.98 Å². The molecule has 2 fully saturated rings. The smallest absolute Gasteiger partial charge is 0.238 e. The Kier molecular flexibility index (Phi) is 6.39. The van der Waals surface area contributed by atoms with Gasteiger partial charge in [0.05, 0.1) is 17.2 Å². The SMILES string of the molecule is Cc1ccccc1NC(=O)CN1CCC(c2nc3c(s2)CCN(C2CCC2)CC3)CC1. The molecule has 1 aliphatic carbocycles. The van der Waals surface area contributed by atoms with Crippen molar-refractivity contribution < 1.29 is 4.79 Å². The van der Waals surface area contributed by atoms with Crippen LogP contribution in [-0.4, -0.2) is 59.5 Å².